The van der Waals surface area contributed by atoms with Crippen molar-refractivity contribution in [3.8, 4) is 0 Å². The van der Waals surface area contributed by atoms with E-state index in [0.717, 1.165) is 11.1 Å². The zero-order chi connectivity index (χ0) is 11.0. The van der Waals surface area contributed by atoms with Gasteiger partial charge in [0.25, 0.3) is 0 Å². The third-order valence-electron chi connectivity index (χ3n) is 2.36. The Morgan fingerprint density at radius 1 is 1.40 bits per heavy atom. The van der Waals surface area contributed by atoms with Crippen molar-refractivity contribution >= 4 is 17.4 Å². The Labute approximate surface area is 86.1 Å². The highest BCUT2D eigenvalue weighted by Gasteiger charge is 2.10. The second kappa shape index (κ2) is 3.38. The first kappa shape index (κ1) is 9.71. The lowest BCUT2D eigenvalue weighted by Gasteiger charge is -1.99. The average Bonchev–Trinajstić information content (AvgIpc) is 2.46. The van der Waals surface area contributed by atoms with Crippen molar-refractivity contribution < 1.29 is 9.21 Å². The fraction of sp³-hybridized carbons (Fsp3) is 0.273. The van der Waals surface area contributed by atoms with Gasteiger partial charge < -0.3 is 9.21 Å². The molecule has 0 saturated carbocycles. The summed E-state index contributed by atoms with van der Waals surface area (Å²) in [5, 5.41) is 0. The minimum absolute atomic E-state index is 0.0364. The molecule has 2 rings (SSSR count). The predicted octanol–water partition coefficient (Wildman–Crippen LogP) is 1.41. The van der Waals surface area contributed by atoms with Crippen molar-refractivity contribution in [3.05, 3.63) is 33.8 Å². The van der Waals surface area contributed by atoms with Gasteiger partial charge in [-0.3, -0.25) is 4.57 Å². The molecule has 0 unspecified atom stereocenters. The van der Waals surface area contributed by atoms with E-state index in [1.165, 1.54) is 4.57 Å². The van der Waals surface area contributed by atoms with Crippen molar-refractivity contribution in [2.75, 3.05) is 0 Å². The van der Waals surface area contributed by atoms with E-state index in [4.69, 9.17) is 4.42 Å². The minimum Gasteiger partial charge on any atom is -0.407 e. The number of rotatable bonds is 2. The second-order valence-corrected chi connectivity index (χ2v) is 3.58. The Morgan fingerprint density at radius 2 is 2.13 bits per heavy atom. The molecule has 0 aliphatic heterocycles. The monoisotopic (exact) mass is 205 g/mol. The van der Waals surface area contributed by atoms with Gasteiger partial charge in [-0.05, 0) is 31.0 Å². The molecule has 1 heterocycles. The molecule has 1 aromatic carbocycles. The summed E-state index contributed by atoms with van der Waals surface area (Å²) in [5.74, 6) is -0.481. The van der Waals surface area contributed by atoms with Crippen LogP contribution in [0.4, 0.5) is 0 Å². The summed E-state index contributed by atoms with van der Waals surface area (Å²) in [6.07, 6.45) is 0.689. The fourth-order valence-electron chi connectivity index (χ4n) is 1.75. The standard InChI is InChI=1S/C11H11NO3/c1-7-5-8(2)10-9(6-7)12(3-4-13)11(14)15-10/h4-6H,3H2,1-2H3. The number of aldehydes is 1. The highest BCUT2D eigenvalue weighted by molar-refractivity contribution is 5.78. The molecule has 0 aliphatic carbocycles. The Bertz CT molecular complexity index is 577. The molecular formula is C11H11NO3. The van der Waals surface area contributed by atoms with E-state index in [-0.39, 0.29) is 6.54 Å². The van der Waals surface area contributed by atoms with Gasteiger partial charge in [-0.1, -0.05) is 6.07 Å². The van der Waals surface area contributed by atoms with Crippen LogP contribution in [0.5, 0.6) is 0 Å². The first-order chi connectivity index (χ1) is 7.13. The van der Waals surface area contributed by atoms with E-state index < -0.39 is 5.76 Å². The predicted molar refractivity (Wildman–Crippen MR) is 56.0 cm³/mol. The fourth-order valence-corrected chi connectivity index (χ4v) is 1.75. The van der Waals surface area contributed by atoms with Gasteiger partial charge in [0.1, 0.15) is 6.29 Å². The molecule has 0 saturated heterocycles. The summed E-state index contributed by atoms with van der Waals surface area (Å²) in [4.78, 5) is 21.9. The Balaban J connectivity index is 2.86. The molecule has 0 fully saturated rings. The van der Waals surface area contributed by atoms with Gasteiger partial charge >= 0.3 is 5.76 Å². The van der Waals surface area contributed by atoms with E-state index in [1.54, 1.807) is 0 Å². The number of fused-ring (bicyclic) bond motifs is 1. The van der Waals surface area contributed by atoms with Crippen molar-refractivity contribution in [2.24, 2.45) is 0 Å². The number of benzene rings is 1. The van der Waals surface area contributed by atoms with Crippen LogP contribution in [0.1, 0.15) is 11.1 Å². The third-order valence-corrected chi connectivity index (χ3v) is 2.36. The third kappa shape index (κ3) is 1.48. The van der Waals surface area contributed by atoms with Crippen LogP contribution in [0.2, 0.25) is 0 Å². The highest BCUT2D eigenvalue weighted by Crippen LogP contribution is 2.19. The molecule has 0 atom stereocenters. The number of carbonyl (C=O) groups excluding carboxylic acids is 1. The van der Waals surface area contributed by atoms with E-state index in [0.29, 0.717) is 17.4 Å². The van der Waals surface area contributed by atoms with Crippen LogP contribution in [-0.4, -0.2) is 10.9 Å². The Hall–Kier alpha value is -1.84. The van der Waals surface area contributed by atoms with Crippen molar-refractivity contribution in [3.63, 3.8) is 0 Å². The SMILES string of the molecule is Cc1cc(C)c2oc(=O)n(CC=O)c2c1. The maximum absolute atomic E-state index is 11.4. The van der Waals surface area contributed by atoms with Gasteiger partial charge in [0, 0.05) is 0 Å². The Morgan fingerprint density at radius 3 is 2.80 bits per heavy atom. The lowest BCUT2D eigenvalue weighted by Crippen LogP contribution is -2.14. The molecule has 4 heteroatoms. The lowest BCUT2D eigenvalue weighted by atomic mass is 10.1. The number of aromatic nitrogens is 1. The molecule has 15 heavy (non-hydrogen) atoms. The van der Waals surface area contributed by atoms with Gasteiger partial charge in [0.05, 0.1) is 12.1 Å². The lowest BCUT2D eigenvalue weighted by molar-refractivity contribution is -0.108. The molecule has 2 aromatic rings. The van der Waals surface area contributed by atoms with Gasteiger partial charge in [-0.25, -0.2) is 4.79 Å². The van der Waals surface area contributed by atoms with Crippen LogP contribution < -0.4 is 5.76 Å². The molecule has 1 aromatic heterocycles. The molecule has 0 radical (unpaired) electrons. The van der Waals surface area contributed by atoms with Gasteiger partial charge in [-0.2, -0.15) is 0 Å². The van der Waals surface area contributed by atoms with Gasteiger partial charge in [0.15, 0.2) is 5.58 Å². The van der Waals surface area contributed by atoms with Crippen LogP contribution >= 0.6 is 0 Å². The summed E-state index contributed by atoms with van der Waals surface area (Å²) in [7, 11) is 0. The number of aryl methyl sites for hydroxylation is 2. The molecule has 0 amide bonds. The van der Waals surface area contributed by atoms with Crippen LogP contribution in [0, 0.1) is 13.8 Å². The summed E-state index contributed by atoms with van der Waals surface area (Å²) < 4.78 is 6.42. The zero-order valence-electron chi connectivity index (χ0n) is 8.61. The van der Waals surface area contributed by atoms with E-state index in [1.807, 2.05) is 26.0 Å². The van der Waals surface area contributed by atoms with Crippen molar-refractivity contribution in [1.29, 1.82) is 0 Å². The van der Waals surface area contributed by atoms with Crippen molar-refractivity contribution in [1.82, 2.24) is 4.57 Å². The first-order valence-electron chi connectivity index (χ1n) is 4.67. The van der Waals surface area contributed by atoms with Crippen LogP contribution in [0.3, 0.4) is 0 Å². The average molecular weight is 205 g/mol. The number of oxazole rings is 1. The number of nitrogens with zero attached hydrogens (tertiary/aromatic N) is 1. The molecule has 0 spiro atoms. The van der Waals surface area contributed by atoms with E-state index >= 15 is 0 Å². The van der Waals surface area contributed by atoms with Crippen LogP contribution in [-0.2, 0) is 11.3 Å². The van der Waals surface area contributed by atoms with Gasteiger partial charge in [-0.15, -0.1) is 0 Å². The minimum atomic E-state index is -0.481. The Kier molecular flexibility index (Phi) is 2.19. The highest BCUT2D eigenvalue weighted by atomic mass is 16.4. The number of hydrogen-bond donors (Lipinski definition) is 0. The number of hydrogen-bond acceptors (Lipinski definition) is 3. The molecule has 0 bridgehead atoms. The summed E-state index contributed by atoms with van der Waals surface area (Å²) in [6, 6.07) is 3.78. The second-order valence-electron chi connectivity index (χ2n) is 3.58. The molecule has 78 valence electrons. The maximum atomic E-state index is 11.4. The molecular weight excluding hydrogens is 194 g/mol. The molecule has 0 N–H and O–H groups in total. The van der Waals surface area contributed by atoms with Crippen LogP contribution in [0.15, 0.2) is 21.3 Å². The van der Waals surface area contributed by atoms with Gasteiger partial charge in [0.2, 0.25) is 0 Å². The van der Waals surface area contributed by atoms with Crippen LogP contribution in [0.25, 0.3) is 11.1 Å². The first-order valence-corrected chi connectivity index (χ1v) is 4.67. The summed E-state index contributed by atoms with van der Waals surface area (Å²) in [5.41, 5.74) is 3.20. The van der Waals surface area contributed by atoms with E-state index in [9.17, 15) is 9.59 Å². The summed E-state index contributed by atoms with van der Waals surface area (Å²) >= 11 is 0. The molecule has 4 nitrogen and oxygen atoms in total. The van der Waals surface area contributed by atoms with E-state index in [2.05, 4.69) is 0 Å². The molecule has 0 aliphatic rings. The number of carbonyl (C=O) groups is 1. The largest absolute Gasteiger partial charge is 0.420 e. The maximum Gasteiger partial charge on any atom is 0.420 e. The normalized spacial score (nSPS) is 10.8. The topological polar surface area (TPSA) is 52.2 Å². The quantitative estimate of drug-likeness (QED) is 0.696. The summed E-state index contributed by atoms with van der Waals surface area (Å²) in [6.45, 7) is 3.85. The van der Waals surface area contributed by atoms with Crippen molar-refractivity contribution in [2.45, 2.75) is 20.4 Å². The smallest absolute Gasteiger partial charge is 0.407 e. The zero-order valence-corrected chi connectivity index (χ0v) is 8.61.